The van der Waals surface area contributed by atoms with Gasteiger partial charge in [-0.3, -0.25) is 0 Å². The fraction of sp³-hybridized carbons (Fsp3) is 0.0714. The van der Waals surface area contributed by atoms with Crippen LogP contribution in [-0.4, -0.2) is 22.5 Å². The van der Waals surface area contributed by atoms with Gasteiger partial charge in [-0.25, -0.2) is 14.8 Å². The van der Waals surface area contributed by atoms with Crippen LogP contribution in [0, 0.1) is 11.3 Å². The van der Waals surface area contributed by atoms with Crippen LogP contribution < -0.4 is 16.0 Å². The lowest BCUT2D eigenvalue weighted by Gasteiger charge is -2.10. The van der Waals surface area contributed by atoms with Gasteiger partial charge in [-0.15, -0.1) is 0 Å². The van der Waals surface area contributed by atoms with Gasteiger partial charge >= 0.3 is 6.03 Å². The number of urea groups is 1. The van der Waals surface area contributed by atoms with Crippen molar-refractivity contribution in [3.05, 3.63) is 102 Å². The van der Waals surface area contributed by atoms with Crippen molar-refractivity contribution >= 4 is 34.3 Å². The van der Waals surface area contributed by atoms with Crippen LogP contribution in [0.15, 0.2) is 95.5 Å². The van der Waals surface area contributed by atoms with Crippen LogP contribution in [0.5, 0.6) is 0 Å². The maximum atomic E-state index is 12.2. The van der Waals surface area contributed by atoms with Crippen LogP contribution in [0.3, 0.4) is 0 Å². The van der Waals surface area contributed by atoms with Crippen LogP contribution >= 0.6 is 0 Å². The van der Waals surface area contributed by atoms with Gasteiger partial charge in [0.15, 0.2) is 5.52 Å². The number of anilines is 3. The number of para-hydroxylation sites is 1. The van der Waals surface area contributed by atoms with Crippen LogP contribution in [0.25, 0.3) is 22.7 Å². The van der Waals surface area contributed by atoms with Crippen molar-refractivity contribution in [2.75, 3.05) is 22.5 Å². The Kier molecular flexibility index (Phi) is 6.54. The van der Waals surface area contributed by atoms with Gasteiger partial charge in [0.2, 0.25) is 11.6 Å². The molecule has 0 unspecified atom stereocenters. The minimum atomic E-state index is -0.302. The summed E-state index contributed by atoms with van der Waals surface area (Å²) in [6.45, 7) is 0.572. The molecule has 3 N–H and O–H groups in total. The highest BCUT2D eigenvalue weighted by molar-refractivity contribution is 5.99. The number of carbonyl (C=O) groups excluding carboxylic acids is 1. The molecule has 8 heteroatoms. The third-order valence-corrected chi connectivity index (χ3v) is 5.53. The molecular formula is C28H22N6O2. The Hall–Kier alpha value is -5.16. The van der Waals surface area contributed by atoms with Crippen LogP contribution in [-0.2, 0) is 6.42 Å². The van der Waals surface area contributed by atoms with Crippen LogP contribution in [0.2, 0.25) is 0 Å². The van der Waals surface area contributed by atoms with Crippen molar-refractivity contribution in [3.8, 4) is 17.5 Å². The Morgan fingerprint density at radius 1 is 0.889 bits per heavy atom. The molecule has 8 nitrogen and oxygen atoms in total. The number of pyridine rings is 1. The molecular weight excluding hydrogens is 452 g/mol. The Morgan fingerprint density at radius 2 is 1.56 bits per heavy atom. The third kappa shape index (κ3) is 5.16. The molecule has 0 bridgehead atoms. The normalized spacial score (nSPS) is 10.5. The lowest BCUT2D eigenvalue weighted by molar-refractivity contribution is 0.262. The van der Waals surface area contributed by atoms with Gasteiger partial charge in [0.1, 0.15) is 6.07 Å². The third-order valence-electron chi connectivity index (χ3n) is 5.53. The summed E-state index contributed by atoms with van der Waals surface area (Å²) < 4.78 is 5.83. The van der Waals surface area contributed by atoms with E-state index in [0.717, 1.165) is 16.8 Å². The van der Waals surface area contributed by atoms with Gasteiger partial charge in [-0.2, -0.15) is 5.26 Å². The van der Waals surface area contributed by atoms with E-state index in [-0.39, 0.29) is 6.03 Å². The summed E-state index contributed by atoms with van der Waals surface area (Å²) in [5.74, 6) is 0.454. The number of carbonyl (C=O) groups is 1. The molecule has 0 aliphatic heterocycles. The molecule has 3 aromatic carbocycles. The first-order chi connectivity index (χ1) is 17.7. The molecule has 0 saturated carbocycles. The zero-order valence-electron chi connectivity index (χ0n) is 19.2. The van der Waals surface area contributed by atoms with E-state index in [1.54, 1.807) is 0 Å². The lowest BCUT2D eigenvalue weighted by Crippen LogP contribution is -2.19. The molecule has 5 aromatic rings. The first kappa shape index (κ1) is 22.6. The number of hydrogen-bond acceptors (Lipinski definition) is 6. The SMILES string of the molecule is N#Cc1cnc2oc(-c3ccccc3)nc2c1NCCc1ccc(NC(=O)Nc2ccccc2)cc1. The van der Waals surface area contributed by atoms with E-state index in [4.69, 9.17) is 4.42 Å². The minimum absolute atomic E-state index is 0.302. The van der Waals surface area contributed by atoms with Gasteiger partial charge in [-0.1, -0.05) is 48.5 Å². The highest BCUT2D eigenvalue weighted by atomic mass is 16.4. The van der Waals surface area contributed by atoms with E-state index in [9.17, 15) is 10.1 Å². The molecule has 0 atom stereocenters. The number of aromatic nitrogens is 2. The average molecular weight is 475 g/mol. The second kappa shape index (κ2) is 10.4. The van der Waals surface area contributed by atoms with Crippen molar-refractivity contribution in [1.29, 1.82) is 5.26 Å². The second-order valence-electron chi connectivity index (χ2n) is 8.02. The van der Waals surface area contributed by atoms with E-state index >= 15 is 0 Å². The minimum Gasteiger partial charge on any atom is -0.418 e. The second-order valence-corrected chi connectivity index (χ2v) is 8.02. The fourth-order valence-corrected chi connectivity index (χ4v) is 3.75. The number of nitrogens with zero attached hydrogens (tertiary/aromatic N) is 3. The van der Waals surface area contributed by atoms with Crippen molar-refractivity contribution in [2.24, 2.45) is 0 Å². The monoisotopic (exact) mass is 474 g/mol. The fourth-order valence-electron chi connectivity index (χ4n) is 3.75. The molecule has 5 rings (SSSR count). The molecule has 176 valence electrons. The highest BCUT2D eigenvalue weighted by Crippen LogP contribution is 2.29. The standard InChI is InChI=1S/C28H22N6O2/c29-17-21-18-31-27-25(34-26(36-27)20-7-3-1-4-8-20)24(21)30-16-15-19-11-13-23(14-12-19)33-28(35)32-22-9-5-2-6-10-22/h1-14,18H,15-16H2,(H,30,31)(H2,32,33,35). The quantitative estimate of drug-likeness (QED) is 0.264. The summed E-state index contributed by atoms with van der Waals surface area (Å²) in [6.07, 6.45) is 2.19. The first-order valence-corrected chi connectivity index (χ1v) is 11.4. The van der Waals surface area contributed by atoms with Crippen LogP contribution in [0.1, 0.15) is 11.1 Å². The molecule has 0 spiro atoms. The summed E-state index contributed by atoms with van der Waals surface area (Å²) >= 11 is 0. The van der Waals surface area contributed by atoms with E-state index in [2.05, 4.69) is 32.0 Å². The zero-order valence-corrected chi connectivity index (χ0v) is 19.2. The first-order valence-electron chi connectivity index (χ1n) is 11.4. The number of rotatable bonds is 7. The number of hydrogen-bond donors (Lipinski definition) is 3. The summed E-state index contributed by atoms with van der Waals surface area (Å²) in [5.41, 5.74) is 5.23. The number of fused-ring (bicyclic) bond motifs is 1. The maximum Gasteiger partial charge on any atom is 0.323 e. The largest absolute Gasteiger partial charge is 0.418 e. The predicted molar refractivity (Wildman–Crippen MR) is 140 cm³/mol. The average Bonchev–Trinajstić information content (AvgIpc) is 3.36. The zero-order chi connectivity index (χ0) is 24.7. The van der Waals surface area contributed by atoms with E-state index < -0.39 is 0 Å². The number of oxazole rings is 1. The molecule has 36 heavy (non-hydrogen) atoms. The molecule has 0 saturated heterocycles. The topological polar surface area (TPSA) is 116 Å². The van der Waals surface area contributed by atoms with E-state index in [1.165, 1.54) is 6.20 Å². The Morgan fingerprint density at radius 3 is 2.25 bits per heavy atom. The van der Waals surface area contributed by atoms with Crippen molar-refractivity contribution in [2.45, 2.75) is 6.42 Å². The smallest absolute Gasteiger partial charge is 0.323 e. The number of benzene rings is 3. The number of nitrogens with one attached hydrogen (secondary N) is 3. The van der Waals surface area contributed by atoms with Gasteiger partial charge in [-0.05, 0) is 48.4 Å². The van der Waals surface area contributed by atoms with E-state index in [0.29, 0.717) is 47.0 Å². The number of amides is 2. The Labute approximate surface area is 207 Å². The van der Waals surface area contributed by atoms with Crippen molar-refractivity contribution in [1.82, 2.24) is 9.97 Å². The van der Waals surface area contributed by atoms with Gasteiger partial charge in [0.25, 0.3) is 0 Å². The van der Waals surface area contributed by atoms with E-state index in [1.807, 2.05) is 84.9 Å². The lowest BCUT2D eigenvalue weighted by atomic mass is 10.1. The van der Waals surface area contributed by atoms with Gasteiger partial charge in [0.05, 0.1) is 17.4 Å². The summed E-state index contributed by atoms with van der Waals surface area (Å²) in [6, 6.07) is 28.3. The van der Waals surface area contributed by atoms with Crippen molar-refractivity contribution < 1.29 is 9.21 Å². The molecule has 0 fully saturated rings. The Balaban J connectivity index is 1.23. The molecule has 0 radical (unpaired) electrons. The Bertz CT molecular complexity index is 1520. The van der Waals surface area contributed by atoms with Gasteiger partial charge in [0, 0.05) is 23.5 Å². The predicted octanol–water partition coefficient (Wildman–Crippen LogP) is 6.06. The molecule has 2 heterocycles. The van der Waals surface area contributed by atoms with Crippen LogP contribution in [0.4, 0.5) is 21.9 Å². The summed E-state index contributed by atoms with van der Waals surface area (Å²) in [4.78, 5) is 21.0. The van der Waals surface area contributed by atoms with Gasteiger partial charge < -0.3 is 20.4 Å². The maximum absolute atomic E-state index is 12.2. The summed E-state index contributed by atoms with van der Waals surface area (Å²) in [7, 11) is 0. The summed E-state index contributed by atoms with van der Waals surface area (Å²) in [5, 5.41) is 18.5. The molecule has 2 aromatic heterocycles. The highest BCUT2D eigenvalue weighted by Gasteiger charge is 2.16. The molecule has 0 aliphatic carbocycles. The molecule has 2 amide bonds. The number of nitriles is 1. The van der Waals surface area contributed by atoms with Crippen molar-refractivity contribution in [3.63, 3.8) is 0 Å². The molecule has 0 aliphatic rings.